The van der Waals surface area contributed by atoms with E-state index in [4.69, 9.17) is 32.9 Å². The molecule has 29 heavy (non-hydrogen) atoms. The number of anilines is 1. The van der Waals surface area contributed by atoms with Gasteiger partial charge in [0.1, 0.15) is 17.1 Å². The maximum absolute atomic E-state index is 6.59. The molecule has 0 saturated carbocycles. The number of aryl methyl sites for hydroxylation is 1. The summed E-state index contributed by atoms with van der Waals surface area (Å²) < 4.78 is 7.77. The zero-order chi connectivity index (χ0) is 21.3. The van der Waals surface area contributed by atoms with Crippen LogP contribution in [0.25, 0.3) is 11.0 Å². The Bertz CT molecular complexity index is 1000. The third kappa shape index (κ3) is 4.06. The van der Waals surface area contributed by atoms with Crippen molar-refractivity contribution in [2.24, 2.45) is 7.05 Å². The van der Waals surface area contributed by atoms with Gasteiger partial charge in [-0.1, -0.05) is 43.1 Å². The number of rotatable bonds is 7. The molecule has 0 aliphatic rings. The van der Waals surface area contributed by atoms with Crippen LogP contribution in [-0.4, -0.2) is 30.8 Å². The molecule has 0 aliphatic carbocycles. The zero-order valence-corrected chi connectivity index (χ0v) is 19.5. The summed E-state index contributed by atoms with van der Waals surface area (Å²) in [6, 6.07) is 8.10. The number of hydrogen-bond donors (Lipinski definition) is 0. The maximum atomic E-state index is 6.59. The van der Waals surface area contributed by atoms with Gasteiger partial charge < -0.3 is 14.2 Å². The first-order chi connectivity index (χ1) is 13.8. The van der Waals surface area contributed by atoms with Gasteiger partial charge in [-0.25, -0.2) is 4.98 Å². The Balaban J connectivity index is 2.15. The molecule has 0 unspecified atom stereocenters. The van der Waals surface area contributed by atoms with E-state index >= 15 is 0 Å². The Kier molecular flexibility index (Phi) is 6.65. The van der Waals surface area contributed by atoms with E-state index < -0.39 is 0 Å². The van der Waals surface area contributed by atoms with Crippen molar-refractivity contribution in [3.8, 4) is 5.75 Å². The lowest BCUT2D eigenvalue weighted by Crippen LogP contribution is -2.09. The molecule has 3 rings (SSSR count). The molecule has 2 aromatic carbocycles. The molecule has 0 fully saturated rings. The molecular weight excluding hydrogens is 405 g/mol. The number of ether oxygens (including phenoxy) is 1. The number of benzene rings is 2. The van der Waals surface area contributed by atoms with Gasteiger partial charge in [0.2, 0.25) is 0 Å². The topological polar surface area (TPSA) is 30.3 Å². The van der Waals surface area contributed by atoms with Crippen molar-refractivity contribution in [1.82, 2.24) is 9.55 Å². The van der Waals surface area contributed by atoms with Gasteiger partial charge in [0, 0.05) is 43.3 Å². The van der Waals surface area contributed by atoms with E-state index in [0.29, 0.717) is 22.4 Å². The molecule has 0 radical (unpaired) electrons. The lowest BCUT2D eigenvalue weighted by molar-refractivity contribution is 0.418. The first kappa shape index (κ1) is 21.8. The second kappa shape index (κ2) is 8.85. The van der Waals surface area contributed by atoms with Crippen molar-refractivity contribution in [1.29, 1.82) is 0 Å². The van der Waals surface area contributed by atoms with Gasteiger partial charge in [-0.05, 0) is 48.1 Å². The summed E-state index contributed by atoms with van der Waals surface area (Å²) in [6.45, 7) is 4.46. The van der Waals surface area contributed by atoms with Crippen LogP contribution >= 0.6 is 23.2 Å². The lowest BCUT2D eigenvalue weighted by atomic mass is 9.92. The van der Waals surface area contributed by atoms with E-state index in [2.05, 4.69) is 31.5 Å². The summed E-state index contributed by atoms with van der Waals surface area (Å²) in [5.74, 6) is 2.19. The average Bonchev–Trinajstić information content (AvgIpc) is 3.02. The van der Waals surface area contributed by atoms with Crippen LogP contribution in [0.2, 0.25) is 10.0 Å². The number of halogens is 2. The number of nitrogens with zero attached hydrogens (tertiary/aromatic N) is 3. The largest absolute Gasteiger partial charge is 0.494 e. The Morgan fingerprint density at radius 1 is 1.10 bits per heavy atom. The molecule has 0 aliphatic heterocycles. The minimum atomic E-state index is 0.484. The number of fused-ring (bicyclic) bond motifs is 1. The standard InChI is InChI=1S/C23H29Cl2N3O/c1-7-14(8-2)16-9-10-20(29-6)22-23(16)28(5)21(26-22)13-17-18(24)11-15(27(3)4)12-19(17)25/h9-12,14H,7-8,13H2,1-6H3. The Labute approximate surface area is 183 Å². The van der Waals surface area contributed by atoms with Crippen LogP contribution in [-0.2, 0) is 13.5 Å². The first-order valence-corrected chi connectivity index (χ1v) is 10.7. The highest BCUT2D eigenvalue weighted by atomic mass is 35.5. The lowest BCUT2D eigenvalue weighted by Gasteiger charge is -2.17. The van der Waals surface area contributed by atoms with Gasteiger partial charge in [-0.2, -0.15) is 0 Å². The third-order valence-electron chi connectivity index (χ3n) is 5.73. The fraction of sp³-hybridized carbons (Fsp3) is 0.435. The van der Waals surface area contributed by atoms with E-state index in [1.165, 1.54) is 5.56 Å². The molecule has 0 bridgehead atoms. The molecule has 1 aromatic heterocycles. The quantitative estimate of drug-likeness (QED) is 0.428. The van der Waals surface area contributed by atoms with Crippen LogP contribution in [0.3, 0.4) is 0 Å². The molecule has 0 atom stereocenters. The first-order valence-electron chi connectivity index (χ1n) is 9.99. The monoisotopic (exact) mass is 433 g/mol. The van der Waals surface area contributed by atoms with E-state index in [9.17, 15) is 0 Å². The minimum absolute atomic E-state index is 0.484. The summed E-state index contributed by atoms with van der Waals surface area (Å²) in [5, 5.41) is 1.31. The van der Waals surface area contributed by atoms with Crippen molar-refractivity contribution in [2.45, 2.75) is 39.0 Å². The molecule has 1 heterocycles. The Hall–Kier alpha value is -1.91. The van der Waals surface area contributed by atoms with Crippen molar-refractivity contribution in [3.63, 3.8) is 0 Å². The molecule has 4 nitrogen and oxygen atoms in total. The molecular formula is C23H29Cl2N3O. The van der Waals surface area contributed by atoms with Gasteiger partial charge >= 0.3 is 0 Å². The molecule has 6 heteroatoms. The van der Waals surface area contributed by atoms with Gasteiger partial charge in [0.25, 0.3) is 0 Å². The third-order valence-corrected chi connectivity index (χ3v) is 6.41. The SMILES string of the molecule is CCC(CC)c1ccc(OC)c2nc(Cc3c(Cl)cc(N(C)C)cc3Cl)n(C)c12. The summed E-state index contributed by atoms with van der Waals surface area (Å²) in [4.78, 5) is 6.93. The molecule has 3 aromatic rings. The summed E-state index contributed by atoms with van der Waals surface area (Å²) in [5.41, 5.74) is 5.20. The van der Waals surface area contributed by atoms with E-state index in [1.54, 1.807) is 7.11 Å². The highest BCUT2D eigenvalue weighted by molar-refractivity contribution is 6.36. The van der Waals surface area contributed by atoms with Crippen molar-refractivity contribution >= 4 is 39.9 Å². The average molecular weight is 434 g/mol. The normalized spacial score (nSPS) is 11.5. The Morgan fingerprint density at radius 3 is 2.24 bits per heavy atom. The fourth-order valence-corrected chi connectivity index (χ4v) is 4.54. The van der Waals surface area contributed by atoms with Crippen LogP contribution in [0.1, 0.15) is 49.6 Å². The van der Waals surface area contributed by atoms with Crippen LogP contribution < -0.4 is 9.64 Å². The molecule has 0 amide bonds. The van der Waals surface area contributed by atoms with E-state index in [0.717, 1.165) is 46.7 Å². The van der Waals surface area contributed by atoms with Crippen molar-refractivity contribution < 1.29 is 4.74 Å². The second-order valence-corrected chi connectivity index (χ2v) is 8.43. The minimum Gasteiger partial charge on any atom is -0.494 e. The second-order valence-electron chi connectivity index (χ2n) is 7.61. The highest BCUT2D eigenvalue weighted by Crippen LogP contribution is 2.37. The van der Waals surface area contributed by atoms with Crippen LogP contribution in [0.15, 0.2) is 24.3 Å². The fourth-order valence-electron chi connectivity index (χ4n) is 3.93. The van der Waals surface area contributed by atoms with Gasteiger partial charge in [0.05, 0.1) is 12.6 Å². The molecule has 0 N–H and O–H groups in total. The van der Waals surface area contributed by atoms with Gasteiger partial charge in [0.15, 0.2) is 0 Å². The molecule has 156 valence electrons. The van der Waals surface area contributed by atoms with Crippen molar-refractivity contribution in [2.75, 3.05) is 26.1 Å². The number of hydrogen-bond acceptors (Lipinski definition) is 3. The van der Waals surface area contributed by atoms with E-state index in [-0.39, 0.29) is 0 Å². The predicted molar refractivity (Wildman–Crippen MR) is 124 cm³/mol. The number of methoxy groups -OCH3 is 1. The van der Waals surface area contributed by atoms with Crippen molar-refractivity contribution in [3.05, 3.63) is 51.3 Å². The Morgan fingerprint density at radius 2 is 1.72 bits per heavy atom. The van der Waals surface area contributed by atoms with E-state index in [1.807, 2.05) is 37.2 Å². The molecule has 0 saturated heterocycles. The van der Waals surface area contributed by atoms with Crippen LogP contribution in [0.5, 0.6) is 5.75 Å². The highest BCUT2D eigenvalue weighted by Gasteiger charge is 2.21. The number of imidazole rings is 1. The summed E-state index contributed by atoms with van der Waals surface area (Å²) >= 11 is 13.2. The van der Waals surface area contributed by atoms with Crippen LogP contribution in [0.4, 0.5) is 5.69 Å². The molecule has 0 spiro atoms. The zero-order valence-electron chi connectivity index (χ0n) is 18.0. The van der Waals surface area contributed by atoms with Gasteiger partial charge in [-0.3, -0.25) is 0 Å². The van der Waals surface area contributed by atoms with Crippen LogP contribution in [0, 0.1) is 0 Å². The smallest absolute Gasteiger partial charge is 0.146 e. The maximum Gasteiger partial charge on any atom is 0.146 e. The predicted octanol–water partition coefficient (Wildman–Crippen LogP) is 6.45. The van der Waals surface area contributed by atoms with Gasteiger partial charge in [-0.15, -0.1) is 0 Å². The summed E-state index contributed by atoms with van der Waals surface area (Å²) in [6.07, 6.45) is 2.73. The number of aromatic nitrogens is 2. The summed E-state index contributed by atoms with van der Waals surface area (Å²) in [7, 11) is 7.69.